The topological polar surface area (TPSA) is 61.8 Å². The zero-order valence-corrected chi connectivity index (χ0v) is 19.2. The highest BCUT2D eigenvalue weighted by Gasteiger charge is 2.73. The maximum atomic E-state index is 12.8. The average molecular weight is 427 g/mol. The molecule has 1 aliphatic heterocycles. The molecule has 2 aliphatic carbocycles. The van der Waals surface area contributed by atoms with Gasteiger partial charge in [-0.15, -0.1) is 0 Å². The van der Waals surface area contributed by atoms with Gasteiger partial charge in [0.15, 0.2) is 0 Å². The Morgan fingerprint density at radius 2 is 1.77 bits per heavy atom. The van der Waals surface area contributed by atoms with Crippen LogP contribution < -0.4 is 0 Å². The molecule has 6 atom stereocenters. The molecule has 1 spiro atoms. The van der Waals surface area contributed by atoms with Crippen LogP contribution in [0.15, 0.2) is 36.4 Å². The summed E-state index contributed by atoms with van der Waals surface area (Å²) >= 11 is 0. The number of ether oxygens (including phenoxy) is 3. The molecule has 0 amide bonds. The van der Waals surface area contributed by atoms with Crippen molar-refractivity contribution in [1.82, 2.24) is 0 Å². The Labute approximate surface area is 185 Å². The first kappa shape index (κ1) is 22.1. The van der Waals surface area contributed by atoms with Gasteiger partial charge >= 0.3 is 11.9 Å². The fourth-order valence-electron chi connectivity index (χ4n) is 6.39. The second-order valence-corrected chi connectivity index (χ2v) is 10.3. The fourth-order valence-corrected chi connectivity index (χ4v) is 6.39. The maximum Gasteiger partial charge on any atom is 0.331 e. The number of carbonyl (C=O) groups is 2. The molecule has 0 N–H and O–H groups in total. The predicted molar refractivity (Wildman–Crippen MR) is 118 cm³/mol. The van der Waals surface area contributed by atoms with Gasteiger partial charge in [-0.1, -0.05) is 37.3 Å². The average Bonchev–Trinajstić information content (AvgIpc) is 2.95. The number of hydrogen-bond acceptors (Lipinski definition) is 5. The number of esters is 2. The van der Waals surface area contributed by atoms with Crippen LogP contribution in [0.4, 0.5) is 0 Å². The van der Waals surface area contributed by atoms with E-state index in [1.807, 2.05) is 30.3 Å². The summed E-state index contributed by atoms with van der Waals surface area (Å²) in [6.45, 7) is 10.0. The fraction of sp³-hybridized carbons (Fsp3) is 0.615. The van der Waals surface area contributed by atoms with Gasteiger partial charge in [0.25, 0.3) is 0 Å². The van der Waals surface area contributed by atoms with E-state index in [4.69, 9.17) is 14.2 Å². The van der Waals surface area contributed by atoms with Crippen LogP contribution in [-0.4, -0.2) is 35.3 Å². The lowest BCUT2D eigenvalue weighted by atomic mass is 9.50. The minimum Gasteiger partial charge on any atom is -0.462 e. The summed E-state index contributed by atoms with van der Waals surface area (Å²) in [6.07, 6.45) is 5.82. The van der Waals surface area contributed by atoms with E-state index in [1.54, 1.807) is 6.08 Å². The lowest BCUT2D eigenvalue weighted by Crippen LogP contribution is -2.67. The van der Waals surface area contributed by atoms with E-state index in [1.165, 1.54) is 13.0 Å². The van der Waals surface area contributed by atoms with E-state index < -0.39 is 11.0 Å². The highest BCUT2D eigenvalue weighted by Crippen LogP contribution is 2.66. The van der Waals surface area contributed by atoms with E-state index >= 15 is 0 Å². The van der Waals surface area contributed by atoms with Gasteiger partial charge in [0.05, 0.1) is 16.6 Å². The first-order valence-corrected chi connectivity index (χ1v) is 11.4. The van der Waals surface area contributed by atoms with Crippen molar-refractivity contribution in [3.8, 4) is 0 Å². The summed E-state index contributed by atoms with van der Waals surface area (Å²) in [5.41, 5.74) is -0.448. The van der Waals surface area contributed by atoms with Crippen molar-refractivity contribution in [3.63, 3.8) is 0 Å². The highest BCUT2D eigenvalue weighted by molar-refractivity contribution is 5.87. The lowest BCUT2D eigenvalue weighted by molar-refractivity contribution is -0.261. The van der Waals surface area contributed by atoms with E-state index in [0.29, 0.717) is 6.42 Å². The number of benzene rings is 1. The Balaban J connectivity index is 1.66. The van der Waals surface area contributed by atoms with Gasteiger partial charge in [-0.05, 0) is 69.9 Å². The molecule has 168 valence electrons. The van der Waals surface area contributed by atoms with Crippen LogP contribution in [0.1, 0.15) is 65.9 Å². The van der Waals surface area contributed by atoms with Gasteiger partial charge in [0.1, 0.15) is 12.2 Å². The minimum atomic E-state index is -0.600. The van der Waals surface area contributed by atoms with Gasteiger partial charge in [-0.2, -0.15) is 0 Å². The molecule has 1 heterocycles. The third-order valence-corrected chi connectivity index (χ3v) is 8.16. The molecule has 0 aromatic heterocycles. The number of hydrogen-bond donors (Lipinski definition) is 0. The Bertz CT molecular complexity index is 875. The molecular weight excluding hydrogens is 392 g/mol. The molecule has 5 heteroatoms. The SMILES string of the molecule is CC(=O)O[C@H]1CC[C@@H](C)[C@@]23C[C@@H](C[C@@H](OC(=O)C=Cc4ccccc4)[C@]12C)C(C)(C)O3. The highest BCUT2D eigenvalue weighted by atomic mass is 16.6. The monoisotopic (exact) mass is 426 g/mol. The molecule has 4 rings (SSSR count). The zero-order valence-electron chi connectivity index (χ0n) is 19.2. The standard InChI is InChI=1S/C26H34O5/c1-17-11-13-21(29-18(2)27)25(5)22(15-20-16-26(17,25)31-24(20,3)4)30-23(28)14-12-19-9-7-6-8-10-19/h6-10,12,14,17,20-22H,11,13,15-16H2,1-5H3/t17-,20-,21+,22-,25+,26+/m1/s1. The van der Waals surface area contributed by atoms with Crippen molar-refractivity contribution >= 4 is 18.0 Å². The molecule has 1 aromatic carbocycles. The van der Waals surface area contributed by atoms with Gasteiger partial charge in [-0.25, -0.2) is 4.79 Å². The minimum absolute atomic E-state index is 0.287. The van der Waals surface area contributed by atoms with Crippen LogP contribution in [0.2, 0.25) is 0 Å². The van der Waals surface area contributed by atoms with Crippen molar-refractivity contribution in [2.24, 2.45) is 17.3 Å². The second-order valence-electron chi connectivity index (χ2n) is 10.3. The van der Waals surface area contributed by atoms with Crippen LogP contribution in [0.3, 0.4) is 0 Å². The Kier molecular flexibility index (Phi) is 5.53. The van der Waals surface area contributed by atoms with E-state index in [2.05, 4.69) is 27.7 Å². The summed E-state index contributed by atoms with van der Waals surface area (Å²) in [5.74, 6) is -0.0987. The van der Waals surface area contributed by atoms with Crippen LogP contribution in [0.25, 0.3) is 6.08 Å². The van der Waals surface area contributed by atoms with Gasteiger partial charge in [0, 0.05) is 13.0 Å². The molecule has 0 radical (unpaired) electrons. The number of fused-ring (bicyclic) bond motifs is 1. The van der Waals surface area contributed by atoms with Crippen molar-refractivity contribution in [2.75, 3.05) is 0 Å². The number of rotatable bonds is 4. The molecular formula is C26H34O5. The Morgan fingerprint density at radius 3 is 2.45 bits per heavy atom. The predicted octanol–water partition coefficient (Wildman–Crippen LogP) is 4.94. The van der Waals surface area contributed by atoms with Gasteiger partial charge in [0.2, 0.25) is 0 Å². The largest absolute Gasteiger partial charge is 0.462 e. The molecule has 31 heavy (non-hydrogen) atoms. The normalized spacial score (nSPS) is 38.5. The second kappa shape index (κ2) is 7.77. The third kappa shape index (κ3) is 3.61. The lowest BCUT2D eigenvalue weighted by Gasteiger charge is -2.60. The van der Waals surface area contributed by atoms with Crippen LogP contribution >= 0.6 is 0 Å². The first-order valence-electron chi connectivity index (χ1n) is 11.4. The van der Waals surface area contributed by atoms with Crippen LogP contribution in [0, 0.1) is 17.3 Å². The van der Waals surface area contributed by atoms with Crippen molar-refractivity contribution in [1.29, 1.82) is 0 Å². The van der Waals surface area contributed by atoms with Crippen LogP contribution in [0.5, 0.6) is 0 Å². The van der Waals surface area contributed by atoms with Crippen molar-refractivity contribution < 1.29 is 23.8 Å². The third-order valence-electron chi connectivity index (χ3n) is 8.16. The smallest absolute Gasteiger partial charge is 0.331 e. The number of carbonyl (C=O) groups excluding carboxylic acids is 2. The van der Waals surface area contributed by atoms with Crippen molar-refractivity contribution in [3.05, 3.63) is 42.0 Å². The summed E-state index contributed by atoms with van der Waals surface area (Å²) in [5, 5.41) is 0. The summed E-state index contributed by atoms with van der Waals surface area (Å²) in [6, 6.07) is 9.69. The van der Waals surface area contributed by atoms with E-state index in [-0.39, 0.29) is 41.6 Å². The molecule has 5 nitrogen and oxygen atoms in total. The summed E-state index contributed by atoms with van der Waals surface area (Å²) in [7, 11) is 0. The van der Waals surface area contributed by atoms with E-state index in [9.17, 15) is 9.59 Å². The van der Waals surface area contributed by atoms with E-state index in [0.717, 1.165) is 24.8 Å². The van der Waals surface area contributed by atoms with Crippen LogP contribution in [-0.2, 0) is 23.8 Å². The molecule has 1 saturated heterocycles. The summed E-state index contributed by atoms with van der Waals surface area (Å²) < 4.78 is 18.8. The Morgan fingerprint density at radius 1 is 1.06 bits per heavy atom. The molecule has 2 bridgehead atoms. The van der Waals surface area contributed by atoms with Gasteiger partial charge < -0.3 is 14.2 Å². The molecule has 3 fully saturated rings. The Hall–Kier alpha value is -2.14. The van der Waals surface area contributed by atoms with Gasteiger partial charge in [-0.3, -0.25) is 4.79 Å². The molecule has 0 unspecified atom stereocenters. The summed E-state index contributed by atoms with van der Waals surface area (Å²) in [4.78, 5) is 24.8. The molecule has 1 aromatic rings. The maximum absolute atomic E-state index is 12.8. The molecule has 2 saturated carbocycles. The first-order chi connectivity index (χ1) is 14.6. The zero-order chi connectivity index (χ0) is 22.4. The van der Waals surface area contributed by atoms with Crippen molar-refractivity contribution in [2.45, 2.75) is 83.7 Å². The quantitative estimate of drug-likeness (QED) is 0.504. The molecule has 3 aliphatic rings.